The second-order valence-electron chi connectivity index (χ2n) is 7.34. The predicted octanol–water partition coefficient (Wildman–Crippen LogP) is 1.23. The summed E-state index contributed by atoms with van der Waals surface area (Å²) >= 11 is 0. The molecule has 4 rings (SSSR count). The fourth-order valence-electron chi connectivity index (χ4n) is 3.32. The molecule has 1 amide bonds. The van der Waals surface area contributed by atoms with Crippen LogP contribution in [-0.4, -0.2) is 55.4 Å². The van der Waals surface area contributed by atoms with Crippen molar-refractivity contribution in [1.29, 1.82) is 0 Å². The fraction of sp³-hybridized carbons (Fsp3) is 0.368. The number of anilines is 1. The van der Waals surface area contributed by atoms with Crippen LogP contribution in [0.25, 0.3) is 5.82 Å². The number of hydrazone groups is 1. The summed E-state index contributed by atoms with van der Waals surface area (Å²) in [5, 5.41) is 19.5. The molecule has 30 heavy (non-hydrogen) atoms. The summed E-state index contributed by atoms with van der Waals surface area (Å²) < 4.78 is 6.09. The van der Waals surface area contributed by atoms with Crippen LogP contribution in [0.2, 0.25) is 0 Å². The molecule has 0 unspecified atom stereocenters. The number of nitrogens with two attached hydrogens (primary N) is 1. The monoisotopic (exact) mass is 409 g/mol. The molecule has 11 heteroatoms. The Hall–Kier alpha value is -3.60. The highest BCUT2D eigenvalue weighted by molar-refractivity contribution is 5.94. The van der Waals surface area contributed by atoms with E-state index in [2.05, 4.69) is 43.0 Å². The van der Waals surface area contributed by atoms with Gasteiger partial charge in [-0.1, -0.05) is 42.5 Å². The third-order valence-electron chi connectivity index (χ3n) is 5.10. The van der Waals surface area contributed by atoms with Crippen molar-refractivity contribution in [2.75, 3.05) is 18.8 Å². The van der Waals surface area contributed by atoms with Crippen molar-refractivity contribution in [2.45, 2.75) is 26.3 Å². The fourth-order valence-corrected chi connectivity index (χ4v) is 3.32. The lowest BCUT2D eigenvalue weighted by Gasteiger charge is -2.30. The van der Waals surface area contributed by atoms with E-state index in [1.807, 2.05) is 30.3 Å². The number of aromatic nitrogens is 5. The van der Waals surface area contributed by atoms with Crippen molar-refractivity contribution >= 4 is 17.9 Å². The molecule has 0 atom stereocenters. The van der Waals surface area contributed by atoms with Gasteiger partial charge in [0, 0.05) is 6.54 Å². The Morgan fingerprint density at radius 2 is 2.07 bits per heavy atom. The van der Waals surface area contributed by atoms with Crippen molar-refractivity contribution in [3.63, 3.8) is 0 Å². The third-order valence-corrected chi connectivity index (χ3v) is 5.10. The van der Waals surface area contributed by atoms with Crippen LogP contribution < -0.4 is 11.2 Å². The summed E-state index contributed by atoms with van der Waals surface area (Å²) in [5.74, 6) is 0.496. The zero-order valence-electron chi connectivity index (χ0n) is 16.6. The molecule has 2 aromatic heterocycles. The molecule has 3 aromatic rings. The average Bonchev–Trinajstić information content (AvgIpc) is 3.36. The quantitative estimate of drug-likeness (QED) is 0.457. The second-order valence-corrected chi connectivity index (χ2v) is 7.34. The molecule has 1 aromatic carbocycles. The van der Waals surface area contributed by atoms with Crippen molar-refractivity contribution in [3.05, 3.63) is 47.3 Å². The Labute approximate surface area is 172 Å². The molecule has 1 saturated heterocycles. The maximum Gasteiger partial charge on any atom is 0.293 e. The summed E-state index contributed by atoms with van der Waals surface area (Å²) in [6.07, 6.45) is 3.75. The Morgan fingerprint density at radius 1 is 1.30 bits per heavy atom. The van der Waals surface area contributed by atoms with Gasteiger partial charge in [0.2, 0.25) is 11.6 Å². The van der Waals surface area contributed by atoms with E-state index in [0.717, 1.165) is 31.5 Å². The summed E-state index contributed by atoms with van der Waals surface area (Å²) in [4.78, 5) is 15.0. The molecule has 156 valence electrons. The molecule has 1 aliphatic rings. The minimum Gasteiger partial charge on any atom is -0.378 e. The number of piperidine rings is 1. The molecular formula is C19H23N9O2. The number of likely N-dealkylation sites (tertiary alicyclic amines) is 1. The number of rotatable bonds is 6. The largest absolute Gasteiger partial charge is 0.378 e. The lowest BCUT2D eigenvalue weighted by atomic mass is 9.99. The lowest BCUT2D eigenvalue weighted by Crippen LogP contribution is -2.34. The smallest absolute Gasteiger partial charge is 0.293 e. The number of hydrogen-bond donors (Lipinski definition) is 2. The summed E-state index contributed by atoms with van der Waals surface area (Å²) in [5.41, 5.74) is 9.92. The maximum atomic E-state index is 12.8. The molecule has 3 heterocycles. The molecular weight excluding hydrogens is 386 g/mol. The number of nitrogens with one attached hydrogen (secondary N) is 1. The number of carbonyl (C=O) groups is 1. The molecule has 1 aliphatic heterocycles. The lowest BCUT2D eigenvalue weighted by molar-refractivity contribution is 0.0947. The van der Waals surface area contributed by atoms with Crippen LogP contribution in [0.1, 0.15) is 41.5 Å². The van der Waals surface area contributed by atoms with Crippen molar-refractivity contribution < 1.29 is 9.42 Å². The zero-order valence-corrected chi connectivity index (χ0v) is 16.6. The average molecular weight is 409 g/mol. The standard InChI is InChI=1S/C19H23N9O2/c1-13-7-9-27(10-8-13)12-15-16(22-26-28(15)18-17(20)24-30-25-18)19(29)23-21-11-14-5-3-2-4-6-14/h2-6,11,13H,7-10,12H2,1H3,(H2,20,24)(H,23,29). The van der Waals surface area contributed by atoms with Gasteiger partial charge in [-0.05, 0) is 47.7 Å². The zero-order chi connectivity index (χ0) is 20.9. The first-order chi connectivity index (χ1) is 14.6. The summed E-state index contributed by atoms with van der Waals surface area (Å²) in [6, 6.07) is 9.46. The first kappa shape index (κ1) is 19.7. The molecule has 3 N–H and O–H groups in total. The van der Waals surface area contributed by atoms with Gasteiger partial charge < -0.3 is 5.73 Å². The molecule has 0 bridgehead atoms. The predicted molar refractivity (Wildman–Crippen MR) is 109 cm³/mol. The van der Waals surface area contributed by atoms with Gasteiger partial charge in [0.1, 0.15) is 0 Å². The van der Waals surface area contributed by atoms with Gasteiger partial charge in [-0.3, -0.25) is 9.69 Å². The Morgan fingerprint density at radius 3 is 2.77 bits per heavy atom. The van der Waals surface area contributed by atoms with Crippen molar-refractivity contribution in [1.82, 2.24) is 35.6 Å². The second kappa shape index (κ2) is 8.82. The van der Waals surface area contributed by atoms with Gasteiger partial charge in [-0.15, -0.1) is 5.10 Å². The van der Waals surface area contributed by atoms with Gasteiger partial charge in [0.05, 0.1) is 11.9 Å². The first-order valence-corrected chi connectivity index (χ1v) is 9.75. The van der Waals surface area contributed by atoms with Crippen LogP contribution in [0.3, 0.4) is 0 Å². The molecule has 11 nitrogen and oxygen atoms in total. The van der Waals surface area contributed by atoms with Crippen LogP contribution in [-0.2, 0) is 6.54 Å². The SMILES string of the molecule is CC1CCN(Cc2c(C(=O)NN=Cc3ccccc3)nnn2-c2nonc2N)CC1. The maximum absolute atomic E-state index is 12.8. The van der Waals surface area contributed by atoms with E-state index in [9.17, 15) is 4.79 Å². The van der Waals surface area contributed by atoms with E-state index in [1.54, 1.807) is 6.21 Å². The van der Waals surface area contributed by atoms with E-state index in [0.29, 0.717) is 18.2 Å². The van der Waals surface area contributed by atoms with Gasteiger partial charge in [0.15, 0.2) is 5.69 Å². The minimum atomic E-state index is -0.469. The van der Waals surface area contributed by atoms with E-state index >= 15 is 0 Å². The van der Waals surface area contributed by atoms with E-state index in [-0.39, 0.29) is 17.3 Å². The highest BCUT2D eigenvalue weighted by atomic mass is 16.6. The Kier molecular flexibility index (Phi) is 5.80. The van der Waals surface area contributed by atoms with Crippen LogP contribution in [0.5, 0.6) is 0 Å². The number of nitrogen functional groups attached to an aromatic ring is 1. The molecule has 0 saturated carbocycles. The highest BCUT2D eigenvalue weighted by Gasteiger charge is 2.26. The van der Waals surface area contributed by atoms with Crippen molar-refractivity contribution in [3.8, 4) is 5.82 Å². The minimum absolute atomic E-state index is 0.0717. The first-order valence-electron chi connectivity index (χ1n) is 9.75. The topological polar surface area (TPSA) is 140 Å². The molecule has 0 spiro atoms. The normalized spacial score (nSPS) is 15.6. The highest BCUT2D eigenvalue weighted by Crippen LogP contribution is 2.21. The summed E-state index contributed by atoms with van der Waals surface area (Å²) in [6.45, 7) is 4.56. The molecule has 1 fully saturated rings. The number of hydrogen-bond acceptors (Lipinski definition) is 9. The number of amides is 1. The molecule has 0 aliphatic carbocycles. The Balaban J connectivity index is 1.57. The van der Waals surface area contributed by atoms with Crippen LogP contribution in [0, 0.1) is 5.92 Å². The van der Waals surface area contributed by atoms with Crippen LogP contribution >= 0.6 is 0 Å². The number of benzene rings is 1. The van der Waals surface area contributed by atoms with Gasteiger partial charge in [0.25, 0.3) is 5.91 Å². The van der Waals surface area contributed by atoms with Gasteiger partial charge in [-0.2, -0.15) is 9.78 Å². The number of carbonyl (C=O) groups excluding carboxylic acids is 1. The van der Waals surface area contributed by atoms with E-state index in [4.69, 9.17) is 10.4 Å². The van der Waals surface area contributed by atoms with Gasteiger partial charge >= 0.3 is 0 Å². The summed E-state index contributed by atoms with van der Waals surface area (Å²) in [7, 11) is 0. The van der Waals surface area contributed by atoms with E-state index < -0.39 is 5.91 Å². The van der Waals surface area contributed by atoms with Gasteiger partial charge in [-0.25, -0.2) is 10.1 Å². The molecule has 0 radical (unpaired) electrons. The van der Waals surface area contributed by atoms with Crippen molar-refractivity contribution in [2.24, 2.45) is 11.0 Å². The Bertz CT molecular complexity index is 1020. The van der Waals surface area contributed by atoms with Crippen LogP contribution in [0.15, 0.2) is 40.1 Å². The third kappa shape index (κ3) is 4.35. The van der Waals surface area contributed by atoms with Crippen LogP contribution in [0.4, 0.5) is 5.82 Å². The van der Waals surface area contributed by atoms with E-state index in [1.165, 1.54) is 4.68 Å². The number of nitrogens with zero attached hydrogens (tertiary/aromatic N) is 7.